The number of β-amino-alcohol motifs (C(OH)–C–C–N with tert-alkyl or cyclic N) is 1. The van der Waals surface area contributed by atoms with Crippen LogP contribution in [0.4, 0.5) is 10.3 Å². The van der Waals surface area contributed by atoms with Crippen LogP contribution in [0.5, 0.6) is 5.75 Å². The third kappa shape index (κ3) is 3.79. The molecule has 8 heteroatoms. The summed E-state index contributed by atoms with van der Waals surface area (Å²) in [5.41, 5.74) is 6.24. The van der Waals surface area contributed by atoms with Crippen LogP contribution in [0.25, 0.3) is 22.7 Å². The molecule has 0 spiro atoms. The Morgan fingerprint density at radius 2 is 2.00 bits per heavy atom. The highest BCUT2D eigenvalue weighted by molar-refractivity contribution is 5.96. The average molecular weight is 482 g/mol. The molecule has 1 aromatic heterocycles. The average Bonchev–Trinajstić information content (AvgIpc) is 3.34. The van der Waals surface area contributed by atoms with Crippen LogP contribution in [0.2, 0.25) is 0 Å². The van der Waals surface area contributed by atoms with Gasteiger partial charge in [-0.1, -0.05) is 30.3 Å². The van der Waals surface area contributed by atoms with Gasteiger partial charge in [-0.05, 0) is 59.7 Å². The summed E-state index contributed by atoms with van der Waals surface area (Å²) < 4.78 is 21.9. The fourth-order valence-electron chi connectivity index (χ4n) is 5.26. The van der Waals surface area contributed by atoms with Gasteiger partial charge in [-0.15, -0.1) is 0 Å². The first kappa shape index (κ1) is 22.3. The van der Waals surface area contributed by atoms with Crippen molar-refractivity contribution in [1.29, 1.82) is 5.26 Å². The van der Waals surface area contributed by atoms with E-state index in [0.717, 1.165) is 33.3 Å². The maximum Gasteiger partial charge on any atom is 0.217 e. The van der Waals surface area contributed by atoms with Crippen molar-refractivity contribution in [2.45, 2.75) is 18.8 Å². The fraction of sp³-hybridized carbons (Fsp3) is 0.214. The number of halogens is 1. The van der Waals surface area contributed by atoms with Crippen molar-refractivity contribution in [3.8, 4) is 11.9 Å². The van der Waals surface area contributed by atoms with Gasteiger partial charge in [0, 0.05) is 24.7 Å². The highest BCUT2D eigenvalue weighted by Gasteiger charge is 2.33. The molecule has 0 amide bonds. The second-order valence-corrected chi connectivity index (χ2v) is 9.29. The minimum Gasteiger partial charge on any atom is -0.488 e. The van der Waals surface area contributed by atoms with E-state index in [9.17, 15) is 14.8 Å². The van der Waals surface area contributed by atoms with Gasteiger partial charge in [-0.2, -0.15) is 5.26 Å². The number of benzene rings is 3. The number of rotatable bonds is 3. The molecule has 1 saturated heterocycles. The van der Waals surface area contributed by atoms with Gasteiger partial charge in [0.2, 0.25) is 5.95 Å². The SMILES string of the molecule is CN1C[C@H](O)[C@@H](n2c(NC#N)nc3cc(/C=C4\c5ccccc5COc5cc(F)ccc54)ccc32)C1. The number of ether oxygens (including phenoxy) is 1. The van der Waals surface area contributed by atoms with Gasteiger partial charge in [0.25, 0.3) is 0 Å². The summed E-state index contributed by atoms with van der Waals surface area (Å²) >= 11 is 0. The highest BCUT2D eigenvalue weighted by Crippen LogP contribution is 2.39. The monoisotopic (exact) mass is 481 g/mol. The highest BCUT2D eigenvalue weighted by atomic mass is 19.1. The number of likely N-dealkylation sites (tertiary alicyclic amines) is 1. The van der Waals surface area contributed by atoms with E-state index < -0.39 is 6.10 Å². The quantitative estimate of drug-likeness (QED) is 0.333. The Hall–Kier alpha value is -4.19. The maximum atomic E-state index is 14.0. The Labute approximate surface area is 207 Å². The van der Waals surface area contributed by atoms with Crippen LogP contribution < -0.4 is 10.1 Å². The van der Waals surface area contributed by atoms with Crippen molar-refractivity contribution in [3.05, 3.63) is 88.7 Å². The Morgan fingerprint density at radius 3 is 2.81 bits per heavy atom. The molecule has 6 rings (SSSR count). The number of anilines is 1. The van der Waals surface area contributed by atoms with Crippen LogP contribution in [0.3, 0.4) is 0 Å². The molecular formula is C28H24FN5O2. The first-order valence-corrected chi connectivity index (χ1v) is 11.8. The van der Waals surface area contributed by atoms with Gasteiger partial charge in [-0.3, -0.25) is 5.32 Å². The molecule has 0 radical (unpaired) electrons. The van der Waals surface area contributed by atoms with Crippen molar-refractivity contribution < 1.29 is 14.2 Å². The topological polar surface area (TPSA) is 86.3 Å². The summed E-state index contributed by atoms with van der Waals surface area (Å²) in [6.45, 7) is 1.57. The van der Waals surface area contributed by atoms with Crippen LogP contribution in [0, 0.1) is 17.3 Å². The molecule has 0 aliphatic carbocycles. The number of aliphatic hydroxyl groups excluding tert-OH is 1. The first-order chi connectivity index (χ1) is 17.5. The van der Waals surface area contributed by atoms with Crippen molar-refractivity contribution >= 4 is 28.6 Å². The lowest BCUT2D eigenvalue weighted by Gasteiger charge is -2.18. The van der Waals surface area contributed by atoms with Gasteiger partial charge in [-0.25, -0.2) is 9.37 Å². The minimum absolute atomic E-state index is 0.215. The van der Waals surface area contributed by atoms with Crippen molar-refractivity contribution in [1.82, 2.24) is 14.5 Å². The third-order valence-electron chi connectivity index (χ3n) is 6.89. The predicted molar refractivity (Wildman–Crippen MR) is 136 cm³/mol. The molecule has 3 heterocycles. The standard InChI is InChI=1S/C28H24FN5O2/c1-33-13-25(26(35)14-33)34-24-9-6-17(11-23(24)32-28(34)31-16-30)10-22-20-5-3-2-4-18(20)15-36-27-12-19(29)7-8-21(22)27/h2-12,25-26,35H,13-15H2,1H3,(H,31,32)/b22-10+/t25-,26-/m0/s1. The molecule has 2 aliphatic heterocycles. The number of imidazole rings is 1. The summed E-state index contributed by atoms with van der Waals surface area (Å²) in [6, 6.07) is 18.3. The Morgan fingerprint density at radius 1 is 1.14 bits per heavy atom. The molecule has 2 aliphatic rings. The van der Waals surface area contributed by atoms with Gasteiger partial charge < -0.3 is 19.3 Å². The lowest BCUT2D eigenvalue weighted by molar-refractivity contribution is 0.148. The number of fused-ring (bicyclic) bond motifs is 3. The summed E-state index contributed by atoms with van der Waals surface area (Å²) in [5.74, 6) is 0.566. The number of aliphatic hydroxyl groups is 1. The molecule has 7 nitrogen and oxygen atoms in total. The van der Waals surface area contributed by atoms with Crippen LogP contribution in [-0.2, 0) is 6.61 Å². The van der Waals surface area contributed by atoms with E-state index in [0.29, 0.717) is 36.9 Å². The van der Waals surface area contributed by atoms with Crippen LogP contribution in [0.15, 0.2) is 60.7 Å². The molecular weight excluding hydrogens is 457 g/mol. The van der Waals surface area contributed by atoms with Gasteiger partial charge in [0.15, 0.2) is 6.19 Å². The number of nitrogens with one attached hydrogen (secondary N) is 1. The summed E-state index contributed by atoms with van der Waals surface area (Å²) in [4.78, 5) is 6.73. The maximum absolute atomic E-state index is 14.0. The van der Waals surface area contributed by atoms with Gasteiger partial charge in [0.1, 0.15) is 18.2 Å². The van der Waals surface area contributed by atoms with Gasteiger partial charge >= 0.3 is 0 Å². The molecule has 0 bridgehead atoms. The van der Waals surface area contributed by atoms with E-state index in [1.54, 1.807) is 6.07 Å². The zero-order valence-corrected chi connectivity index (χ0v) is 19.6. The summed E-state index contributed by atoms with van der Waals surface area (Å²) in [6.07, 6.45) is 3.46. The molecule has 36 heavy (non-hydrogen) atoms. The van der Waals surface area contributed by atoms with E-state index in [-0.39, 0.29) is 11.9 Å². The second-order valence-electron chi connectivity index (χ2n) is 9.29. The Balaban J connectivity index is 1.50. The lowest BCUT2D eigenvalue weighted by atomic mass is 9.92. The van der Waals surface area contributed by atoms with E-state index >= 15 is 0 Å². The predicted octanol–water partition coefficient (Wildman–Crippen LogP) is 4.40. The summed E-state index contributed by atoms with van der Waals surface area (Å²) in [7, 11) is 1.96. The van der Waals surface area contributed by atoms with E-state index in [1.807, 2.05) is 60.3 Å². The fourth-order valence-corrected chi connectivity index (χ4v) is 5.26. The molecule has 0 saturated carbocycles. The molecule has 1 fully saturated rings. The smallest absolute Gasteiger partial charge is 0.217 e. The number of nitrogens with zero attached hydrogens (tertiary/aromatic N) is 4. The number of aromatic nitrogens is 2. The Bertz CT molecular complexity index is 1550. The van der Waals surface area contributed by atoms with E-state index in [2.05, 4.69) is 21.3 Å². The largest absolute Gasteiger partial charge is 0.488 e. The molecule has 4 aromatic rings. The van der Waals surface area contributed by atoms with E-state index in [4.69, 9.17) is 4.74 Å². The van der Waals surface area contributed by atoms with Crippen LogP contribution in [0.1, 0.15) is 28.3 Å². The summed E-state index contributed by atoms with van der Waals surface area (Å²) in [5, 5.41) is 22.6. The molecule has 180 valence electrons. The van der Waals surface area contributed by atoms with Crippen molar-refractivity contribution in [2.75, 3.05) is 25.5 Å². The number of nitriles is 1. The van der Waals surface area contributed by atoms with E-state index in [1.165, 1.54) is 12.1 Å². The normalized spacial score (nSPS) is 20.4. The lowest BCUT2D eigenvalue weighted by Crippen LogP contribution is -2.23. The molecule has 3 aromatic carbocycles. The zero-order chi connectivity index (χ0) is 24.8. The van der Waals surface area contributed by atoms with Crippen LogP contribution >= 0.6 is 0 Å². The molecule has 2 atom stereocenters. The van der Waals surface area contributed by atoms with Crippen molar-refractivity contribution in [3.63, 3.8) is 0 Å². The second kappa shape index (κ2) is 8.79. The Kier molecular flexibility index (Phi) is 5.44. The van der Waals surface area contributed by atoms with Crippen molar-refractivity contribution in [2.24, 2.45) is 0 Å². The first-order valence-electron chi connectivity index (χ1n) is 11.8. The number of hydrogen-bond donors (Lipinski definition) is 2. The van der Waals surface area contributed by atoms with Gasteiger partial charge in [0.05, 0.1) is 23.2 Å². The molecule has 0 unspecified atom stereocenters. The minimum atomic E-state index is -0.562. The van der Waals surface area contributed by atoms with Crippen LogP contribution in [-0.4, -0.2) is 45.8 Å². The molecule has 2 N–H and O–H groups in total. The number of hydrogen-bond acceptors (Lipinski definition) is 6. The third-order valence-corrected chi connectivity index (χ3v) is 6.89. The zero-order valence-electron chi connectivity index (χ0n) is 19.6. The number of likely N-dealkylation sites (N-methyl/N-ethyl adjacent to an activating group) is 1.